The van der Waals surface area contributed by atoms with Crippen LogP contribution in [0.15, 0.2) is 90.6 Å². The molecule has 0 saturated heterocycles. The van der Waals surface area contributed by atoms with Crippen molar-refractivity contribution >= 4 is 22.5 Å². The summed E-state index contributed by atoms with van der Waals surface area (Å²) in [4.78, 5) is 0. The van der Waals surface area contributed by atoms with Gasteiger partial charge in [0.05, 0.1) is 6.10 Å². The molecule has 0 amide bonds. The van der Waals surface area contributed by atoms with Gasteiger partial charge in [0.15, 0.2) is 11.0 Å². The van der Waals surface area contributed by atoms with Gasteiger partial charge in [-0.3, -0.25) is 4.57 Å². The van der Waals surface area contributed by atoms with Crippen LogP contribution in [0.3, 0.4) is 0 Å². The summed E-state index contributed by atoms with van der Waals surface area (Å²) in [6.45, 7) is 4.65. The first-order valence-electron chi connectivity index (χ1n) is 9.76. The molecule has 1 N–H and O–H groups in total. The second-order valence-electron chi connectivity index (χ2n) is 6.86. The van der Waals surface area contributed by atoms with Crippen molar-refractivity contribution in [1.29, 1.82) is 0 Å². The second-order valence-corrected chi connectivity index (χ2v) is 7.84. The lowest BCUT2D eigenvalue weighted by Crippen LogP contribution is -2.20. The zero-order valence-electron chi connectivity index (χ0n) is 16.5. The molecule has 1 unspecified atom stereocenters. The fourth-order valence-corrected chi connectivity index (χ4v) is 4.01. The molecule has 0 aliphatic carbocycles. The van der Waals surface area contributed by atoms with Crippen LogP contribution in [0, 0.1) is 0 Å². The summed E-state index contributed by atoms with van der Waals surface area (Å²) in [6.07, 6.45) is 1.19. The third-order valence-corrected chi connectivity index (χ3v) is 5.74. The Morgan fingerprint density at radius 2 is 1.77 bits per heavy atom. The lowest BCUT2D eigenvalue weighted by Gasteiger charge is -2.13. The first-order chi connectivity index (χ1) is 14.7. The number of thioether (sulfide) groups is 1. The van der Waals surface area contributed by atoms with Crippen molar-refractivity contribution in [3.8, 4) is 17.1 Å². The molecule has 0 spiro atoms. The van der Waals surface area contributed by atoms with Crippen molar-refractivity contribution < 1.29 is 9.84 Å². The van der Waals surface area contributed by atoms with E-state index in [9.17, 15) is 5.11 Å². The molecule has 4 rings (SSSR count). The van der Waals surface area contributed by atoms with Gasteiger partial charge in [-0.1, -0.05) is 78.5 Å². The van der Waals surface area contributed by atoms with Crippen molar-refractivity contribution in [2.45, 2.75) is 17.8 Å². The average molecular weight is 418 g/mol. The number of nitrogens with zero attached hydrogens (tertiary/aromatic N) is 3. The number of ether oxygens (including phenoxy) is 1. The molecule has 0 aliphatic heterocycles. The van der Waals surface area contributed by atoms with E-state index in [0.29, 0.717) is 12.3 Å². The molecule has 1 heterocycles. The number of allylic oxidation sites excluding steroid dienone is 1. The Kier molecular flexibility index (Phi) is 6.47. The largest absolute Gasteiger partial charge is 0.491 e. The number of fused-ring (bicyclic) bond motifs is 1. The molecule has 152 valence electrons. The summed E-state index contributed by atoms with van der Waals surface area (Å²) in [5.74, 6) is 2.00. The van der Waals surface area contributed by atoms with Crippen LogP contribution in [0.4, 0.5) is 0 Å². The van der Waals surface area contributed by atoms with Crippen molar-refractivity contribution in [1.82, 2.24) is 14.8 Å². The number of benzene rings is 3. The van der Waals surface area contributed by atoms with Crippen molar-refractivity contribution in [3.05, 3.63) is 85.5 Å². The summed E-state index contributed by atoms with van der Waals surface area (Å²) >= 11 is 1.46. The molecular weight excluding hydrogens is 394 g/mol. The van der Waals surface area contributed by atoms with Gasteiger partial charge in [0, 0.05) is 17.9 Å². The molecule has 0 bridgehead atoms. The molecule has 30 heavy (non-hydrogen) atoms. The molecule has 0 fully saturated rings. The summed E-state index contributed by atoms with van der Waals surface area (Å²) in [7, 11) is 0. The van der Waals surface area contributed by atoms with E-state index in [2.05, 4.69) is 22.8 Å². The van der Waals surface area contributed by atoms with Crippen LogP contribution in [-0.4, -0.2) is 38.3 Å². The number of hydrogen-bond donors (Lipinski definition) is 1. The van der Waals surface area contributed by atoms with Gasteiger partial charge < -0.3 is 9.84 Å². The van der Waals surface area contributed by atoms with Crippen molar-refractivity contribution in [3.63, 3.8) is 0 Å². The third-order valence-electron chi connectivity index (χ3n) is 4.63. The zero-order chi connectivity index (χ0) is 20.8. The molecule has 5 nitrogen and oxygen atoms in total. The Bertz CT molecular complexity index is 1130. The minimum atomic E-state index is -0.629. The van der Waals surface area contributed by atoms with E-state index in [0.717, 1.165) is 33.1 Å². The number of aliphatic hydroxyl groups excluding tert-OH is 1. The van der Waals surface area contributed by atoms with Crippen molar-refractivity contribution in [2.24, 2.45) is 0 Å². The predicted octanol–water partition coefficient (Wildman–Crippen LogP) is 4.82. The normalized spacial score (nSPS) is 12.0. The van der Waals surface area contributed by atoms with E-state index < -0.39 is 6.10 Å². The van der Waals surface area contributed by atoms with Gasteiger partial charge in [-0.05, 0) is 22.9 Å². The lowest BCUT2D eigenvalue weighted by atomic mass is 10.1. The smallest absolute Gasteiger partial charge is 0.191 e. The van der Waals surface area contributed by atoms with Gasteiger partial charge in [0.25, 0.3) is 0 Å². The highest BCUT2D eigenvalue weighted by atomic mass is 32.2. The van der Waals surface area contributed by atoms with Crippen LogP contribution < -0.4 is 4.74 Å². The molecule has 0 aliphatic rings. The molecule has 1 atom stereocenters. The van der Waals surface area contributed by atoms with Crippen LogP contribution in [0.2, 0.25) is 0 Å². The Labute approximate surface area is 180 Å². The summed E-state index contributed by atoms with van der Waals surface area (Å²) in [5.41, 5.74) is 0.999. The highest BCUT2D eigenvalue weighted by Crippen LogP contribution is 2.25. The van der Waals surface area contributed by atoms with E-state index in [-0.39, 0.29) is 6.61 Å². The Hall–Kier alpha value is -3.09. The Morgan fingerprint density at radius 3 is 2.57 bits per heavy atom. The van der Waals surface area contributed by atoms with E-state index in [4.69, 9.17) is 4.74 Å². The van der Waals surface area contributed by atoms with Crippen LogP contribution >= 0.6 is 11.8 Å². The first-order valence-corrected chi connectivity index (χ1v) is 10.7. The fraction of sp³-hybridized carbons (Fsp3) is 0.167. The quantitative estimate of drug-likeness (QED) is 0.313. The second kappa shape index (κ2) is 9.61. The molecule has 1 aromatic heterocycles. The topological polar surface area (TPSA) is 60.2 Å². The van der Waals surface area contributed by atoms with E-state index in [1.807, 2.05) is 77.4 Å². The lowest BCUT2D eigenvalue weighted by molar-refractivity contribution is 0.126. The summed E-state index contributed by atoms with van der Waals surface area (Å²) in [6, 6.07) is 24.0. The Morgan fingerprint density at radius 1 is 1.00 bits per heavy atom. The number of aliphatic hydroxyl groups is 1. The van der Waals surface area contributed by atoms with Gasteiger partial charge in [0.2, 0.25) is 0 Å². The molecule has 0 saturated carbocycles. The predicted molar refractivity (Wildman–Crippen MR) is 122 cm³/mol. The average Bonchev–Trinajstić information content (AvgIpc) is 3.19. The van der Waals surface area contributed by atoms with E-state index >= 15 is 0 Å². The standard InChI is InChI=1S/C24H23N3O2S/c1-2-14-27-23(19-9-4-3-5-10-19)25-26-24(27)30-17-21(28)16-29-22-13-12-18-8-6-7-11-20(18)15-22/h2-13,15,21,28H,1,14,16-17H2. The SMILES string of the molecule is C=CCn1c(SCC(O)COc2ccc3ccccc3c2)nnc1-c1ccccc1. The maximum Gasteiger partial charge on any atom is 0.191 e. The van der Waals surface area contributed by atoms with Crippen LogP contribution in [0.25, 0.3) is 22.2 Å². The highest BCUT2D eigenvalue weighted by Gasteiger charge is 2.15. The zero-order valence-corrected chi connectivity index (χ0v) is 17.3. The summed E-state index contributed by atoms with van der Waals surface area (Å²) in [5, 5.41) is 22.1. The van der Waals surface area contributed by atoms with E-state index in [1.54, 1.807) is 0 Å². The van der Waals surface area contributed by atoms with Gasteiger partial charge in [-0.2, -0.15) is 0 Å². The third kappa shape index (κ3) is 4.72. The number of rotatable bonds is 9. The minimum Gasteiger partial charge on any atom is -0.491 e. The van der Waals surface area contributed by atoms with Gasteiger partial charge in [-0.25, -0.2) is 0 Å². The summed E-state index contributed by atoms with van der Waals surface area (Å²) < 4.78 is 7.80. The van der Waals surface area contributed by atoms with Gasteiger partial charge >= 0.3 is 0 Å². The number of hydrogen-bond acceptors (Lipinski definition) is 5. The molecule has 6 heteroatoms. The van der Waals surface area contributed by atoms with Crippen LogP contribution in [-0.2, 0) is 6.54 Å². The molecule has 3 aromatic carbocycles. The highest BCUT2D eigenvalue weighted by molar-refractivity contribution is 7.99. The minimum absolute atomic E-state index is 0.215. The maximum atomic E-state index is 10.4. The fourth-order valence-electron chi connectivity index (χ4n) is 3.16. The van der Waals surface area contributed by atoms with Crippen LogP contribution in [0.5, 0.6) is 5.75 Å². The maximum absolute atomic E-state index is 10.4. The Balaban J connectivity index is 1.38. The number of aromatic nitrogens is 3. The molecular formula is C24H23N3O2S. The van der Waals surface area contributed by atoms with Crippen molar-refractivity contribution in [2.75, 3.05) is 12.4 Å². The molecule has 4 aromatic rings. The van der Waals surface area contributed by atoms with E-state index in [1.165, 1.54) is 11.8 Å². The van der Waals surface area contributed by atoms with Crippen LogP contribution in [0.1, 0.15) is 0 Å². The first kappa shape index (κ1) is 20.2. The van der Waals surface area contributed by atoms with Gasteiger partial charge in [-0.15, -0.1) is 16.8 Å². The van der Waals surface area contributed by atoms with Gasteiger partial charge in [0.1, 0.15) is 12.4 Å². The monoisotopic (exact) mass is 417 g/mol. The molecule has 0 radical (unpaired) electrons.